The van der Waals surface area contributed by atoms with Crippen molar-refractivity contribution < 1.29 is 9.84 Å². The van der Waals surface area contributed by atoms with Crippen molar-refractivity contribution >= 4 is 11.9 Å². The molecular formula is C16H18N2O2. The highest BCUT2D eigenvalue weighted by molar-refractivity contribution is 5.85. The Balaban J connectivity index is 2.20. The number of nitrogens with zero attached hydrogens (tertiary/aromatic N) is 1. The summed E-state index contributed by atoms with van der Waals surface area (Å²) in [5, 5.41) is 14.2. The van der Waals surface area contributed by atoms with Gasteiger partial charge < -0.3 is 9.84 Å². The summed E-state index contributed by atoms with van der Waals surface area (Å²) in [5.41, 5.74) is 5.52. The molecule has 2 N–H and O–H groups in total. The number of hydrogen-bond donors (Lipinski definition) is 2. The van der Waals surface area contributed by atoms with Crippen LogP contribution in [0.2, 0.25) is 0 Å². The number of ether oxygens (including phenoxy) is 1. The average molecular weight is 270 g/mol. The Labute approximate surface area is 118 Å². The van der Waals surface area contributed by atoms with Gasteiger partial charge in [-0.2, -0.15) is 5.10 Å². The first-order valence-electron chi connectivity index (χ1n) is 6.48. The Kier molecular flexibility index (Phi) is 4.60. The third-order valence-corrected chi connectivity index (χ3v) is 2.96. The predicted octanol–water partition coefficient (Wildman–Crippen LogP) is 3.41. The lowest BCUT2D eigenvalue weighted by Crippen LogP contribution is -1.95. The lowest BCUT2D eigenvalue weighted by atomic mass is 10.1. The van der Waals surface area contributed by atoms with Crippen LogP contribution in [0.4, 0.5) is 5.69 Å². The molecule has 20 heavy (non-hydrogen) atoms. The number of para-hydroxylation sites is 1. The van der Waals surface area contributed by atoms with Crippen LogP contribution in [0.5, 0.6) is 11.5 Å². The molecule has 104 valence electrons. The van der Waals surface area contributed by atoms with E-state index in [0.29, 0.717) is 11.3 Å². The van der Waals surface area contributed by atoms with Crippen molar-refractivity contribution in [2.24, 2.45) is 5.10 Å². The molecule has 0 amide bonds. The molecule has 2 aromatic rings. The molecule has 0 fully saturated rings. The number of hydrogen-bond acceptors (Lipinski definition) is 4. The lowest BCUT2D eigenvalue weighted by molar-refractivity contribution is 0.372. The molecular weight excluding hydrogens is 252 g/mol. The van der Waals surface area contributed by atoms with Crippen molar-refractivity contribution in [2.75, 3.05) is 12.5 Å². The second-order valence-corrected chi connectivity index (χ2v) is 4.33. The van der Waals surface area contributed by atoms with Gasteiger partial charge in [0.05, 0.1) is 19.0 Å². The zero-order chi connectivity index (χ0) is 14.4. The highest BCUT2D eigenvalue weighted by Gasteiger charge is 2.08. The van der Waals surface area contributed by atoms with Gasteiger partial charge in [-0.05, 0) is 36.2 Å². The maximum Gasteiger partial charge on any atom is 0.166 e. The van der Waals surface area contributed by atoms with E-state index in [0.717, 1.165) is 17.7 Å². The Bertz CT molecular complexity index is 595. The van der Waals surface area contributed by atoms with Crippen LogP contribution in [0.25, 0.3) is 0 Å². The summed E-state index contributed by atoms with van der Waals surface area (Å²) in [6, 6.07) is 13.4. The highest BCUT2D eigenvalue weighted by atomic mass is 16.5. The summed E-state index contributed by atoms with van der Waals surface area (Å²) < 4.78 is 5.16. The molecule has 0 saturated carbocycles. The fraction of sp³-hybridized carbons (Fsp3) is 0.188. The fourth-order valence-corrected chi connectivity index (χ4v) is 1.84. The molecule has 0 bridgehead atoms. The van der Waals surface area contributed by atoms with E-state index in [1.54, 1.807) is 6.21 Å². The van der Waals surface area contributed by atoms with Crippen LogP contribution >= 0.6 is 0 Å². The molecule has 0 aliphatic rings. The van der Waals surface area contributed by atoms with E-state index < -0.39 is 0 Å². The van der Waals surface area contributed by atoms with Crippen molar-refractivity contribution in [1.29, 1.82) is 0 Å². The second kappa shape index (κ2) is 6.61. The molecule has 0 aliphatic heterocycles. The summed E-state index contributed by atoms with van der Waals surface area (Å²) in [6.07, 6.45) is 2.45. The topological polar surface area (TPSA) is 53.9 Å². The van der Waals surface area contributed by atoms with Gasteiger partial charge >= 0.3 is 0 Å². The van der Waals surface area contributed by atoms with Gasteiger partial charge in [-0.25, -0.2) is 0 Å². The standard InChI is InChI=1S/C16H18N2O2/c1-3-12-9-13(16(19)15(10-12)20-2)11-17-18-14-7-5-4-6-8-14/h4-11,18-19H,3H2,1-2H3. The molecule has 0 saturated heterocycles. The number of phenols is 1. The summed E-state index contributed by atoms with van der Waals surface area (Å²) >= 11 is 0. The first kappa shape index (κ1) is 13.9. The van der Waals surface area contributed by atoms with Crippen LogP contribution in [-0.2, 0) is 6.42 Å². The molecule has 2 rings (SSSR count). The van der Waals surface area contributed by atoms with Gasteiger partial charge in [0.15, 0.2) is 11.5 Å². The summed E-state index contributed by atoms with van der Waals surface area (Å²) in [7, 11) is 1.54. The number of aryl methyl sites for hydroxylation is 1. The monoisotopic (exact) mass is 270 g/mol. The molecule has 0 spiro atoms. The van der Waals surface area contributed by atoms with E-state index in [1.807, 2.05) is 42.5 Å². The van der Waals surface area contributed by atoms with Gasteiger partial charge in [0.1, 0.15) is 0 Å². The lowest BCUT2D eigenvalue weighted by Gasteiger charge is -2.08. The summed E-state index contributed by atoms with van der Waals surface area (Å²) in [6.45, 7) is 2.05. The van der Waals surface area contributed by atoms with Crippen molar-refractivity contribution in [1.82, 2.24) is 0 Å². The minimum Gasteiger partial charge on any atom is -0.504 e. The first-order valence-corrected chi connectivity index (χ1v) is 6.48. The number of benzene rings is 2. The predicted molar refractivity (Wildman–Crippen MR) is 81.7 cm³/mol. The smallest absolute Gasteiger partial charge is 0.166 e. The number of nitrogens with one attached hydrogen (secondary N) is 1. The molecule has 0 heterocycles. The van der Waals surface area contributed by atoms with E-state index in [9.17, 15) is 5.11 Å². The van der Waals surface area contributed by atoms with Gasteiger partial charge in [0.2, 0.25) is 0 Å². The Hall–Kier alpha value is -2.49. The maximum absolute atomic E-state index is 10.1. The number of rotatable bonds is 5. The van der Waals surface area contributed by atoms with E-state index in [2.05, 4.69) is 17.5 Å². The first-order chi connectivity index (χ1) is 9.74. The molecule has 0 radical (unpaired) electrons. The van der Waals surface area contributed by atoms with Gasteiger partial charge in [0, 0.05) is 5.56 Å². The van der Waals surface area contributed by atoms with E-state index in [-0.39, 0.29) is 5.75 Å². The van der Waals surface area contributed by atoms with Crippen molar-refractivity contribution in [2.45, 2.75) is 13.3 Å². The maximum atomic E-state index is 10.1. The third kappa shape index (κ3) is 3.29. The molecule has 0 aromatic heterocycles. The molecule has 0 unspecified atom stereocenters. The average Bonchev–Trinajstić information content (AvgIpc) is 2.50. The van der Waals surface area contributed by atoms with Crippen molar-refractivity contribution in [3.63, 3.8) is 0 Å². The Morgan fingerprint density at radius 2 is 2.00 bits per heavy atom. The molecule has 0 atom stereocenters. The zero-order valence-electron chi connectivity index (χ0n) is 11.6. The molecule has 4 heteroatoms. The minimum atomic E-state index is 0.100. The van der Waals surface area contributed by atoms with Gasteiger partial charge in [-0.15, -0.1) is 0 Å². The van der Waals surface area contributed by atoms with E-state index in [4.69, 9.17) is 4.74 Å². The third-order valence-electron chi connectivity index (χ3n) is 2.96. The number of anilines is 1. The molecule has 4 nitrogen and oxygen atoms in total. The minimum absolute atomic E-state index is 0.100. The Morgan fingerprint density at radius 1 is 1.25 bits per heavy atom. The van der Waals surface area contributed by atoms with Crippen LogP contribution in [0.15, 0.2) is 47.6 Å². The van der Waals surface area contributed by atoms with E-state index >= 15 is 0 Å². The highest BCUT2D eigenvalue weighted by Crippen LogP contribution is 2.30. The van der Waals surface area contributed by atoms with Gasteiger partial charge in [0.25, 0.3) is 0 Å². The largest absolute Gasteiger partial charge is 0.504 e. The van der Waals surface area contributed by atoms with Crippen LogP contribution in [-0.4, -0.2) is 18.4 Å². The Morgan fingerprint density at radius 3 is 2.65 bits per heavy atom. The van der Waals surface area contributed by atoms with E-state index in [1.165, 1.54) is 7.11 Å². The SMILES string of the molecule is CCc1cc(C=NNc2ccccc2)c(O)c(OC)c1. The van der Waals surface area contributed by atoms with Crippen LogP contribution in [0, 0.1) is 0 Å². The molecule has 2 aromatic carbocycles. The zero-order valence-corrected chi connectivity index (χ0v) is 11.6. The van der Waals surface area contributed by atoms with Crippen LogP contribution in [0.3, 0.4) is 0 Å². The second-order valence-electron chi connectivity index (χ2n) is 4.33. The number of phenolic OH excluding ortho intramolecular Hbond substituents is 1. The summed E-state index contributed by atoms with van der Waals surface area (Å²) in [4.78, 5) is 0. The number of methoxy groups -OCH3 is 1. The number of aromatic hydroxyl groups is 1. The quantitative estimate of drug-likeness (QED) is 0.646. The van der Waals surface area contributed by atoms with Crippen molar-refractivity contribution in [3.05, 3.63) is 53.6 Å². The number of hydrazone groups is 1. The van der Waals surface area contributed by atoms with Gasteiger partial charge in [-0.1, -0.05) is 25.1 Å². The molecule has 0 aliphatic carbocycles. The van der Waals surface area contributed by atoms with Crippen molar-refractivity contribution in [3.8, 4) is 11.5 Å². The normalized spacial score (nSPS) is 10.7. The fourth-order valence-electron chi connectivity index (χ4n) is 1.84. The summed E-state index contributed by atoms with van der Waals surface area (Å²) in [5.74, 6) is 0.564. The van der Waals surface area contributed by atoms with Crippen LogP contribution in [0.1, 0.15) is 18.1 Å². The van der Waals surface area contributed by atoms with Crippen LogP contribution < -0.4 is 10.2 Å². The van der Waals surface area contributed by atoms with Gasteiger partial charge in [-0.3, -0.25) is 5.43 Å².